The molecule has 0 bridgehead atoms. The fraction of sp³-hybridized carbons (Fsp3) is 0.393. The maximum Gasteiger partial charge on any atom is 0.256 e. The molecular formula is C28H33N5O3S2. The summed E-state index contributed by atoms with van der Waals surface area (Å²) >= 11 is 1.51. The minimum Gasteiger partial charge on any atom is -0.306 e. The Morgan fingerprint density at radius 1 is 1.05 bits per heavy atom. The number of sulfonamides is 1. The van der Waals surface area contributed by atoms with E-state index in [2.05, 4.69) is 36.4 Å². The zero-order valence-corrected chi connectivity index (χ0v) is 23.8. The predicted octanol–water partition coefficient (Wildman–Crippen LogP) is 6.00. The SMILES string of the molecule is CCN(C1CCCCC1)S(=O)(=O)c1ccc(C(=O)Nc2cc(C)nn2-c2nc3cc(C)c(C)cc3s2)cc1. The van der Waals surface area contributed by atoms with Crippen LogP contribution in [0.25, 0.3) is 15.3 Å². The Kier molecular flexibility index (Phi) is 7.39. The van der Waals surface area contributed by atoms with Crippen LogP contribution in [0.5, 0.6) is 0 Å². The molecule has 8 nitrogen and oxygen atoms in total. The second-order valence-corrected chi connectivity index (χ2v) is 12.9. The Hall–Kier alpha value is -3.08. The summed E-state index contributed by atoms with van der Waals surface area (Å²) in [4.78, 5) is 18.1. The van der Waals surface area contributed by atoms with Crippen molar-refractivity contribution < 1.29 is 13.2 Å². The number of aryl methyl sites for hydroxylation is 3. The molecule has 0 radical (unpaired) electrons. The molecule has 200 valence electrons. The van der Waals surface area contributed by atoms with Crippen molar-refractivity contribution in [2.24, 2.45) is 0 Å². The lowest BCUT2D eigenvalue weighted by molar-refractivity contribution is 0.102. The van der Waals surface area contributed by atoms with Crippen molar-refractivity contribution in [3.8, 4) is 5.13 Å². The maximum atomic E-state index is 13.4. The van der Waals surface area contributed by atoms with Gasteiger partial charge in [0.1, 0.15) is 5.82 Å². The predicted molar refractivity (Wildman–Crippen MR) is 152 cm³/mol. The molecule has 0 unspecified atom stereocenters. The Morgan fingerprint density at radius 3 is 2.42 bits per heavy atom. The molecule has 1 amide bonds. The number of nitrogens with one attached hydrogen (secondary N) is 1. The zero-order valence-electron chi connectivity index (χ0n) is 22.2. The van der Waals surface area contributed by atoms with Gasteiger partial charge in [-0.1, -0.05) is 37.5 Å². The van der Waals surface area contributed by atoms with E-state index in [4.69, 9.17) is 4.98 Å². The number of rotatable bonds is 7. The quantitative estimate of drug-likeness (QED) is 0.304. The first-order valence-corrected chi connectivity index (χ1v) is 15.3. The van der Waals surface area contributed by atoms with Gasteiger partial charge in [0.15, 0.2) is 0 Å². The maximum absolute atomic E-state index is 13.4. The van der Waals surface area contributed by atoms with Gasteiger partial charge in [-0.2, -0.15) is 14.1 Å². The molecule has 5 rings (SSSR count). The molecule has 1 aliphatic rings. The highest BCUT2D eigenvalue weighted by Crippen LogP contribution is 2.30. The smallest absolute Gasteiger partial charge is 0.256 e. The molecule has 0 spiro atoms. The van der Waals surface area contributed by atoms with Crippen LogP contribution in [-0.2, 0) is 10.0 Å². The zero-order chi connectivity index (χ0) is 27.0. The molecule has 0 aliphatic heterocycles. The fourth-order valence-corrected chi connectivity index (χ4v) is 7.79. The van der Waals surface area contributed by atoms with Crippen LogP contribution in [0.3, 0.4) is 0 Å². The Labute approximate surface area is 227 Å². The number of anilines is 1. The van der Waals surface area contributed by atoms with E-state index in [0.717, 1.165) is 48.0 Å². The largest absolute Gasteiger partial charge is 0.306 e. The van der Waals surface area contributed by atoms with E-state index in [0.29, 0.717) is 23.1 Å². The van der Waals surface area contributed by atoms with E-state index in [1.807, 2.05) is 13.8 Å². The number of thiazole rings is 1. The number of hydrogen-bond donors (Lipinski definition) is 1. The van der Waals surface area contributed by atoms with Crippen LogP contribution < -0.4 is 5.32 Å². The van der Waals surface area contributed by atoms with Crippen molar-refractivity contribution in [3.05, 3.63) is 64.8 Å². The number of nitrogens with zero attached hydrogens (tertiary/aromatic N) is 4. The van der Waals surface area contributed by atoms with Crippen molar-refractivity contribution >= 4 is 43.3 Å². The molecule has 4 aromatic rings. The molecule has 10 heteroatoms. The first-order chi connectivity index (χ1) is 18.2. The van der Waals surface area contributed by atoms with Gasteiger partial charge in [-0.25, -0.2) is 13.4 Å². The summed E-state index contributed by atoms with van der Waals surface area (Å²) in [6.45, 7) is 8.31. The van der Waals surface area contributed by atoms with Crippen LogP contribution >= 0.6 is 11.3 Å². The van der Waals surface area contributed by atoms with Crippen molar-refractivity contribution in [2.75, 3.05) is 11.9 Å². The topological polar surface area (TPSA) is 97.2 Å². The third kappa shape index (κ3) is 5.12. The fourth-order valence-electron chi connectivity index (χ4n) is 5.09. The highest BCUT2D eigenvalue weighted by atomic mass is 32.2. The molecule has 1 aliphatic carbocycles. The number of benzene rings is 2. The van der Waals surface area contributed by atoms with Gasteiger partial charge in [0.25, 0.3) is 5.91 Å². The van der Waals surface area contributed by atoms with Gasteiger partial charge >= 0.3 is 0 Å². The monoisotopic (exact) mass is 551 g/mol. The van der Waals surface area contributed by atoms with Crippen LogP contribution in [0.4, 0.5) is 5.82 Å². The van der Waals surface area contributed by atoms with Gasteiger partial charge in [0.2, 0.25) is 15.2 Å². The van der Waals surface area contributed by atoms with E-state index in [9.17, 15) is 13.2 Å². The summed E-state index contributed by atoms with van der Waals surface area (Å²) in [5, 5.41) is 8.14. The molecule has 1 N–H and O–H groups in total. The van der Waals surface area contributed by atoms with E-state index in [-0.39, 0.29) is 16.8 Å². The minimum absolute atomic E-state index is 0.0422. The summed E-state index contributed by atoms with van der Waals surface area (Å²) in [7, 11) is -3.63. The van der Waals surface area contributed by atoms with Gasteiger partial charge in [0, 0.05) is 24.2 Å². The highest BCUT2D eigenvalue weighted by molar-refractivity contribution is 7.89. The average Bonchev–Trinajstić information content (AvgIpc) is 3.47. The normalized spacial score (nSPS) is 14.9. The number of fused-ring (bicyclic) bond motifs is 1. The molecular weight excluding hydrogens is 518 g/mol. The van der Waals surface area contributed by atoms with Crippen molar-refractivity contribution in [1.29, 1.82) is 0 Å². The van der Waals surface area contributed by atoms with Gasteiger partial charge < -0.3 is 5.32 Å². The van der Waals surface area contributed by atoms with Gasteiger partial charge in [0.05, 0.1) is 20.8 Å². The number of carbonyl (C=O) groups excluding carboxylic acids is 1. The second kappa shape index (κ2) is 10.6. The molecule has 1 fully saturated rings. The summed E-state index contributed by atoms with van der Waals surface area (Å²) < 4.78 is 31.0. The van der Waals surface area contributed by atoms with Crippen LogP contribution in [0.2, 0.25) is 0 Å². The number of carbonyl (C=O) groups is 1. The van der Waals surface area contributed by atoms with Crippen LogP contribution in [-0.4, -0.2) is 46.0 Å². The van der Waals surface area contributed by atoms with Gasteiger partial charge in [-0.15, -0.1) is 0 Å². The Morgan fingerprint density at radius 2 is 1.74 bits per heavy atom. The van der Waals surface area contributed by atoms with Crippen LogP contribution in [0, 0.1) is 20.8 Å². The number of aromatic nitrogens is 3. The number of hydrogen-bond acceptors (Lipinski definition) is 6. The third-order valence-corrected chi connectivity index (χ3v) is 10.3. The Balaban J connectivity index is 1.37. The van der Waals surface area contributed by atoms with Crippen molar-refractivity contribution in [1.82, 2.24) is 19.1 Å². The summed E-state index contributed by atoms with van der Waals surface area (Å²) in [5.41, 5.74) is 4.38. The van der Waals surface area contributed by atoms with Crippen LogP contribution in [0.1, 0.15) is 66.2 Å². The van der Waals surface area contributed by atoms with Crippen molar-refractivity contribution in [2.45, 2.75) is 70.7 Å². The summed E-state index contributed by atoms with van der Waals surface area (Å²) in [6.07, 6.45) is 5.07. The molecule has 2 heterocycles. The highest BCUT2D eigenvalue weighted by Gasteiger charge is 2.31. The first kappa shape index (κ1) is 26.5. The molecule has 38 heavy (non-hydrogen) atoms. The van der Waals surface area contributed by atoms with Crippen molar-refractivity contribution in [3.63, 3.8) is 0 Å². The van der Waals surface area contributed by atoms with Gasteiger partial charge in [-0.05, 0) is 81.1 Å². The second-order valence-electron chi connectivity index (χ2n) is 9.96. The summed E-state index contributed by atoms with van der Waals surface area (Å²) in [5.74, 6) is 0.161. The van der Waals surface area contributed by atoms with E-state index in [1.54, 1.807) is 27.2 Å². The number of amides is 1. The van der Waals surface area contributed by atoms with E-state index < -0.39 is 10.0 Å². The lowest BCUT2D eigenvalue weighted by Crippen LogP contribution is -2.41. The van der Waals surface area contributed by atoms with E-state index >= 15 is 0 Å². The molecule has 1 saturated carbocycles. The third-order valence-electron chi connectivity index (χ3n) is 7.26. The van der Waals surface area contributed by atoms with Gasteiger partial charge in [-0.3, -0.25) is 4.79 Å². The summed E-state index contributed by atoms with van der Waals surface area (Å²) in [6, 6.07) is 12.2. The molecule has 0 atom stereocenters. The van der Waals surface area contributed by atoms with E-state index in [1.165, 1.54) is 34.6 Å². The molecule has 2 aromatic heterocycles. The lowest BCUT2D eigenvalue weighted by Gasteiger charge is -2.32. The Bertz CT molecular complexity index is 1540. The standard InChI is InChI=1S/C28H33N5O3S2/c1-5-32(22-9-7-6-8-10-22)38(35,36)23-13-11-21(12-14-23)27(34)30-26-17-20(4)31-33(26)28-29-24-15-18(2)19(3)16-25(24)37-28/h11-17,22H,5-10H2,1-4H3,(H,30,34). The average molecular weight is 552 g/mol. The first-order valence-electron chi connectivity index (χ1n) is 13.1. The van der Waals surface area contributed by atoms with Crippen LogP contribution in [0.15, 0.2) is 47.4 Å². The molecule has 0 saturated heterocycles. The molecule has 2 aromatic carbocycles. The lowest BCUT2D eigenvalue weighted by atomic mass is 9.95. The minimum atomic E-state index is -3.63.